The molecule has 2 aliphatic rings. The van der Waals surface area contributed by atoms with Gasteiger partial charge in [-0.2, -0.15) is 5.10 Å². The molecule has 3 heterocycles. The second kappa shape index (κ2) is 4.29. The van der Waals surface area contributed by atoms with Crippen molar-refractivity contribution in [1.29, 1.82) is 0 Å². The van der Waals surface area contributed by atoms with Crippen LogP contribution in [-0.4, -0.2) is 64.9 Å². The standard InChI is InChI=1S/C12H19N3O3S/c1-8-3-9(2)15(13-8)10-4-14(5-10)11-6-19(17,18)7-12(11)16/h3,10-12,16H,4-7H2,1-2H3/t11-,12-/m0/s1. The molecule has 2 atom stereocenters. The number of aryl methyl sites for hydroxylation is 2. The summed E-state index contributed by atoms with van der Waals surface area (Å²) >= 11 is 0. The van der Waals surface area contributed by atoms with Gasteiger partial charge in [-0.1, -0.05) is 0 Å². The lowest BCUT2D eigenvalue weighted by atomic mass is 10.0. The van der Waals surface area contributed by atoms with Crippen LogP contribution < -0.4 is 0 Å². The van der Waals surface area contributed by atoms with Gasteiger partial charge in [0.15, 0.2) is 9.84 Å². The Morgan fingerprint density at radius 2 is 2.00 bits per heavy atom. The largest absolute Gasteiger partial charge is 0.390 e. The zero-order valence-corrected chi connectivity index (χ0v) is 12.0. The van der Waals surface area contributed by atoms with E-state index < -0.39 is 15.9 Å². The molecule has 1 N–H and O–H groups in total. The maximum absolute atomic E-state index is 11.5. The summed E-state index contributed by atoms with van der Waals surface area (Å²) in [4.78, 5) is 2.05. The molecule has 19 heavy (non-hydrogen) atoms. The fraction of sp³-hybridized carbons (Fsp3) is 0.750. The second-order valence-corrected chi connectivity index (χ2v) is 7.84. The molecule has 0 aliphatic carbocycles. The van der Waals surface area contributed by atoms with Crippen LogP contribution >= 0.6 is 0 Å². The van der Waals surface area contributed by atoms with Crippen LogP contribution in [0.5, 0.6) is 0 Å². The van der Waals surface area contributed by atoms with E-state index in [1.165, 1.54) is 0 Å². The molecule has 0 spiro atoms. The van der Waals surface area contributed by atoms with Gasteiger partial charge >= 0.3 is 0 Å². The molecule has 2 fully saturated rings. The number of aliphatic hydroxyl groups excluding tert-OH is 1. The third-order valence-electron chi connectivity index (χ3n) is 4.04. The summed E-state index contributed by atoms with van der Waals surface area (Å²) in [5.41, 5.74) is 2.13. The average molecular weight is 285 g/mol. The molecule has 2 saturated heterocycles. The minimum Gasteiger partial charge on any atom is -0.390 e. The lowest BCUT2D eigenvalue weighted by Crippen LogP contribution is -2.56. The molecule has 6 nitrogen and oxygen atoms in total. The third-order valence-corrected chi connectivity index (χ3v) is 5.74. The van der Waals surface area contributed by atoms with Crippen LogP contribution in [0.2, 0.25) is 0 Å². The van der Waals surface area contributed by atoms with Crippen molar-refractivity contribution < 1.29 is 13.5 Å². The Morgan fingerprint density at radius 1 is 1.32 bits per heavy atom. The number of aromatic nitrogens is 2. The van der Waals surface area contributed by atoms with Crippen LogP contribution in [-0.2, 0) is 9.84 Å². The Morgan fingerprint density at radius 3 is 2.47 bits per heavy atom. The first kappa shape index (κ1) is 13.1. The van der Waals surface area contributed by atoms with Crippen molar-refractivity contribution in [1.82, 2.24) is 14.7 Å². The van der Waals surface area contributed by atoms with E-state index in [-0.39, 0.29) is 17.5 Å². The van der Waals surface area contributed by atoms with E-state index >= 15 is 0 Å². The Bertz CT molecular complexity index is 589. The molecule has 0 aromatic carbocycles. The SMILES string of the molecule is Cc1cc(C)n(C2CN([C@H]3CS(=O)(=O)C[C@@H]3O)C2)n1. The quantitative estimate of drug-likeness (QED) is 0.794. The number of hydrogen-bond acceptors (Lipinski definition) is 5. The van der Waals surface area contributed by atoms with Gasteiger partial charge in [-0.05, 0) is 19.9 Å². The second-order valence-electron chi connectivity index (χ2n) is 5.69. The highest BCUT2D eigenvalue weighted by Crippen LogP contribution is 2.29. The summed E-state index contributed by atoms with van der Waals surface area (Å²) in [5, 5.41) is 14.3. The number of likely N-dealkylation sites (tertiary alicyclic amines) is 1. The van der Waals surface area contributed by atoms with Crippen LogP contribution in [0.4, 0.5) is 0 Å². The Kier molecular flexibility index (Phi) is 2.95. The maximum atomic E-state index is 11.5. The van der Waals surface area contributed by atoms with E-state index in [4.69, 9.17) is 0 Å². The molecule has 0 unspecified atom stereocenters. The van der Waals surface area contributed by atoms with Crippen molar-refractivity contribution in [3.05, 3.63) is 17.5 Å². The molecular weight excluding hydrogens is 266 g/mol. The van der Waals surface area contributed by atoms with Crippen LogP contribution in [0.15, 0.2) is 6.07 Å². The van der Waals surface area contributed by atoms with Crippen molar-refractivity contribution in [2.75, 3.05) is 24.6 Å². The van der Waals surface area contributed by atoms with Crippen LogP contribution in [0.3, 0.4) is 0 Å². The van der Waals surface area contributed by atoms with E-state index in [1.807, 2.05) is 24.6 Å². The smallest absolute Gasteiger partial charge is 0.154 e. The molecule has 3 rings (SSSR count). The Balaban J connectivity index is 1.66. The monoisotopic (exact) mass is 285 g/mol. The first-order chi connectivity index (χ1) is 8.85. The van der Waals surface area contributed by atoms with Crippen molar-refractivity contribution in [3.8, 4) is 0 Å². The van der Waals surface area contributed by atoms with Crippen LogP contribution in [0, 0.1) is 13.8 Å². The summed E-state index contributed by atoms with van der Waals surface area (Å²) < 4.78 is 25.0. The molecule has 106 valence electrons. The fourth-order valence-electron chi connectivity index (χ4n) is 3.09. The molecule has 1 aromatic rings. The summed E-state index contributed by atoms with van der Waals surface area (Å²) in [7, 11) is -3.07. The van der Waals surface area contributed by atoms with E-state index in [0.717, 1.165) is 24.5 Å². The highest BCUT2D eigenvalue weighted by Gasteiger charge is 2.44. The van der Waals surface area contributed by atoms with Crippen molar-refractivity contribution >= 4 is 9.84 Å². The third kappa shape index (κ3) is 2.30. The maximum Gasteiger partial charge on any atom is 0.154 e. The highest BCUT2D eigenvalue weighted by molar-refractivity contribution is 7.91. The average Bonchev–Trinajstić information content (AvgIpc) is 2.65. The topological polar surface area (TPSA) is 75.4 Å². The Labute approximate surface area is 112 Å². The van der Waals surface area contributed by atoms with Gasteiger partial charge < -0.3 is 5.11 Å². The Hall–Kier alpha value is -0.920. The van der Waals surface area contributed by atoms with Gasteiger partial charge in [0.2, 0.25) is 0 Å². The molecule has 0 saturated carbocycles. The van der Waals surface area contributed by atoms with E-state index in [0.29, 0.717) is 6.04 Å². The number of sulfone groups is 1. The summed E-state index contributed by atoms with van der Waals surface area (Å²) in [6.45, 7) is 5.52. The first-order valence-electron chi connectivity index (χ1n) is 6.51. The molecule has 1 aromatic heterocycles. The highest BCUT2D eigenvalue weighted by atomic mass is 32.2. The predicted molar refractivity (Wildman–Crippen MR) is 70.8 cm³/mol. The van der Waals surface area contributed by atoms with E-state index in [9.17, 15) is 13.5 Å². The molecule has 0 radical (unpaired) electrons. The first-order valence-corrected chi connectivity index (χ1v) is 8.33. The number of rotatable bonds is 2. The zero-order chi connectivity index (χ0) is 13.8. The lowest BCUT2D eigenvalue weighted by molar-refractivity contribution is 0.00777. The number of aliphatic hydroxyl groups is 1. The van der Waals surface area contributed by atoms with Gasteiger partial charge in [-0.15, -0.1) is 0 Å². The normalized spacial score (nSPS) is 31.5. The van der Waals surface area contributed by atoms with Gasteiger partial charge in [-0.25, -0.2) is 8.42 Å². The van der Waals surface area contributed by atoms with Crippen molar-refractivity contribution in [3.63, 3.8) is 0 Å². The van der Waals surface area contributed by atoms with Gasteiger partial charge in [0.05, 0.1) is 35.4 Å². The van der Waals surface area contributed by atoms with E-state index in [1.54, 1.807) is 0 Å². The van der Waals surface area contributed by atoms with Gasteiger partial charge in [-0.3, -0.25) is 9.58 Å². The molecule has 0 amide bonds. The summed E-state index contributed by atoms with van der Waals surface area (Å²) in [6.07, 6.45) is -0.744. The minimum atomic E-state index is -3.07. The lowest BCUT2D eigenvalue weighted by Gasteiger charge is -2.44. The van der Waals surface area contributed by atoms with Gasteiger partial charge in [0, 0.05) is 18.8 Å². The molecular formula is C12H19N3O3S. The van der Waals surface area contributed by atoms with Gasteiger partial charge in [0.1, 0.15) is 0 Å². The number of hydrogen-bond donors (Lipinski definition) is 1. The van der Waals surface area contributed by atoms with Crippen molar-refractivity contribution in [2.24, 2.45) is 0 Å². The molecule has 2 aliphatic heterocycles. The zero-order valence-electron chi connectivity index (χ0n) is 11.2. The summed E-state index contributed by atoms with van der Waals surface area (Å²) in [5.74, 6) is -0.0171. The summed E-state index contributed by atoms with van der Waals surface area (Å²) in [6, 6.07) is 2.10. The number of nitrogens with zero attached hydrogens (tertiary/aromatic N) is 3. The van der Waals surface area contributed by atoms with Crippen molar-refractivity contribution in [2.45, 2.75) is 32.0 Å². The van der Waals surface area contributed by atoms with Crippen LogP contribution in [0.1, 0.15) is 17.4 Å². The fourth-order valence-corrected chi connectivity index (χ4v) is 4.92. The van der Waals surface area contributed by atoms with E-state index in [2.05, 4.69) is 10.00 Å². The molecule has 7 heteroatoms. The van der Waals surface area contributed by atoms with Crippen LogP contribution in [0.25, 0.3) is 0 Å². The molecule has 0 bridgehead atoms. The minimum absolute atomic E-state index is 0.0814. The predicted octanol–water partition coefficient (Wildman–Crippen LogP) is -0.485. The van der Waals surface area contributed by atoms with Gasteiger partial charge in [0.25, 0.3) is 0 Å².